The molecule has 0 aromatic carbocycles. The Morgan fingerprint density at radius 3 is 2.92 bits per heavy atom. The molecule has 3 aromatic heterocycles. The van der Waals surface area contributed by atoms with E-state index in [1.807, 2.05) is 37.2 Å². The van der Waals surface area contributed by atoms with Crippen LogP contribution in [0.25, 0.3) is 11.2 Å². The smallest absolute Gasteiger partial charge is 0.254 e. The van der Waals surface area contributed by atoms with E-state index in [1.54, 1.807) is 12.3 Å². The van der Waals surface area contributed by atoms with E-state index in [1.165, 1.54) is 11.3 Å². The van der Waals surface area contributed by atoms with Crippen molar-refractivity contribution < 1.29 is 4.79 Å². The first-order chi connectivity index (χ1) is 12.0. The lowest BCUT2D eigenvalue weighted by molar-refractivity contribution is 0.0934. The molecule has 130 valence electrons. The molecular weight excluding hydrogens is 316 g/mol. The Kier molecular flexibility index (Phi) is 3.59. The second-order valence-corrected chi connectivity index (χ2v) is 6.74. The van der Waals surface area contributed by atoms with Crippen LogP contribution in [0, 0.1) is 13.8 Å². The van der Waals surface area contributed by atoms with Gasteiger partial charge in [-0.3, -0.25) is 9.48 Å². The molecule has 1 aliphatic carbocycles. The summed E-state index contributed by atoms with van der Waals surface area (Å²) in [6.45, 7) is 3.92. The van der Waals surface area contributed by atoms with E-state index < -0.39 is 0 Å². The molecule has 0 saturated heterocycles. The SMILES string of the molecule is Cc1nn(C)c2c1C(NC(=O)c1ccnc3c1nc(C)n3C)CCC2. The van der Waals surface area contributed by atoms with Gasteiger partial charge in [-0.2, -0.15) is 5.10 Å². The predicted molar refractivity (Wildman–Crippen MR) is 94.3 cm³/mol. The van der Waals surface area contributed by atoms with Crippen LogP contribution in [0.3, 0.4) is 0 Å². The third kappa shape index (κ3) is 2.42. The van der Waals surface area contributed by atoms with Crippen LogP contribution in [0.15, 0.2) is 12.3 Å². The van der Waals surface area contributed by atoms with Gasteiger partial charge in [0.15, 0.2) is 5.65 Å². The lowest BCUT2D eigenvalue weighted by atomic mass is 9.90. The Morgan fingerprint density at radius 2 is 2.12 bits per heavy atom. The van der Waals surface area contributed by atoms with Gasteiger partial charge in [0.25, 0.3) is 5.91 Å². The summed E-state index contributed by atoms with van der Waals surface area (Å²) in [6.07, 6.45) is 4.66. The zero-order valence-electron chi connectivity index (χ0n) is 15.0. The third-order valence-electron chi connectivity index (χ3n) is 5.18. The number of rotatable bonds is 2. The van der Waals surface area contributed by atoms with E-state index in [0.29, 0.717) is 11.1 Å². The number of nitrogens with zero attached hydrogens (tertiary/aromatic N) is 5. The topological polar surface area (TPSA) is 77.6 Å². The number of aryl methyl sites for hydroxylation is 4. The highest BCUT2D eigenvalue weighted by Gasteiger charge is 2.28. The number of amides is 1. The molecule has 25 heavy (non-hydrogen) atoms. The maximum absolute atomic E-state index is 13.0. The summed E-state index contributed by atoms with van der Waals surface area (Å²) in [5.74, 6) is 0.734. The van der Waals surface area contributed by atoms with Gasteiger partial charge >= 0.3 is 0 Å². The quantitative estimate of drug-likeness (QED) is 0.776. The lowest BCUT2D eigenvalue weighted by Gasteiger charge is -2.24. The molecule has 1 unspecified atom stereocenters. The molecule has 7 nitrogen and oxygen atoms in total. The van der Waals surface area contributed by atoms with Crippen molar-refractivity contribution in [2.75, 3.05) is 0 Å². The van der Waals surface area contributed by atoms with Crippen LogP contribution in [-0.2, 0) is 20.5 Å². The Bertz CT molecular complexity index is 983. The van der Waals surface area contributed by atoms with E-state index in [2.05, 4.69) is 20.4 Å². The minimum absolute atomic E-state index is 0.00188. The van der Waals surface area contributed by atoms with Gasteiger partial charge < -0.3 is 9.88 Å². The summed E-state index contributed by atoms with van der Waals surface area (Å²) < 4.78 is 3.84. The van der Waals surface area contributed by atoms with Gasteiger partial charge in [0, 0.05) is 31.5 Å². The van der Waals surface area contributed by atoms with Crippen molar-refractivity contribution in [3.8, 4) is 0 Å². The lowest BCUT2D eigenvalue weighted by Crippen LogP contribution is -2.31. The first kappa shape index (κ1) is 15.8. The van der Waals surface area contributed by atoms with E-state index in [0.717, 1.165) is 36.4 Å². The Morgan fingerprint density at radius 1 is 1.32 bits per heavy atom. The molecule has 1 amide bonds. The molecule has 0 bridgehead atoms. The first-order valence-electron chi connectivity index (χ1n) is 8.58. The van der Waals surface area contributed by atoms with Crippen LogP contribution < -0.4 is 5.32 Å². The van der Waals surface area contributed by atoms with Crippen molar-refractivity contribution in [3.63, 3.8) is 0 Å². The molecule has 1 atom stereocenters. The molecule has 7 heteroatoms. The standard InChI is InChI=1S/C18H22N6O/c1-10-15-13(6-5-7-14(15)24(4)22-10)21-18(25)12-8-9-19-17-16(12)20-11(2)23(17)3/h8-9,13H,5-7H2,1-4H3,(H,21,25). The van der Waals surface area contributed by atoms with Crippen LogP contribution in [0.1, 0.15) is 52.0 Å². The molecule has 0 fully saturated rings. The molecule has 1 N–H and O–H groups in total. The zero-order valence-corrected chi connectivity index (χ0v) is 15.0. The van der Waals surface area contributed by atoms with Crippen LogP contribution >= 0.6 is 0 Å². The summed E-state index contributed by atoms with van der Waals surface area (Å²) in [5, 5.41) is 7.72. The van der Waals surface area contributed by atoms with Crippen LogP contribution in [0.4, 0.5) is 0 Å². The summed E-state index contributed by atoms with van der Waals surface area (Å²) >= 11 is 0. The fourth-order valence-electron chi connectivity index (χ4n) is 3.84. The first-order valence-corrected chi connectivity index (χ1v) is 8.58. The van der Waals surface area contributed by atoms with E-state index in [9.17, 15) is 4.79 Å². The van der Waals surface area contributed by atoms with E-state index >= 15 is 0 Å². The molecule has 1 aliphatic rings. The van der Waals surface area contributed by atoms with Crippen LogP contribution in [0.2, 0.25) is 0 Å². The van der Waals surface area contributed by atoms with Gasteiger partial charge in [0.05, 0.1) is 17.3 Å². The molecule has 3 heterocycles. The van der Waals surface area contributed by atoms with Crippen molar-refractivity contribution in [1.29, 1.82) is 0 Å². The monoisotopic (exact) mass is 338 g/mol. The molecule has 0 saturated carbocycles. The Hall–Kier alpha value is -2.70. The van der Waals surface area contributed by atoms with Gasteiger partial charge in [0.2, 0.25) is 0 Å². The summed E-state index contributed by atoms with van der Waals surface area (Å²) in [5.41, 5.74) is 5.34. The van der Waals surface area contributed by atoms with Gasteiger partial charge in [-0.25, -0.2) is 9.97 Å². The summed E-state index contributed by atoms with van der Waals surface area (Å²) in [4.78, 5) is 21.8. The number of carbonyl (C=O) groups excluding carboxylic acids is 1. The highest BCUT2D eigenvalue weighted by Crippen LogP contribution is 2.32. The molecule has 0 radical (unpaired) electrons. The van der Waals surface area contributed by atoms with Crippen molar-refractivity contribution in [3.05, 3.63) is 40.6 Å². The number of pyridine rings is 1. The van der Waals surface area contributed by atoms with Crippen molar-refractivity contribution in [2.45, 2.75) is 39.2 Å². The van der Waals surface area contributed by atoms with Crippen molar-refractivity contribution >= 4 is 17.1 Å². The highest BCUT2D eigenvalue weighted by atomic mass is 16.1. The highest BCUT2D eigenvalue weighted by molar-refractivity contribution is 6.04. The van der Waals surface area contributed by atoms with Crippen molar-refractivity contribution in [1.82, 2.24) is 29.6 Å². The fraction of sp³-hybridized carbons (Fsp3) is 0.444. The number of aromatic nitrogens is 5. The zero-order chi connectivity index (χ0) is 17.7. The fourth-order valence-corrected chi connectivity index (χ4v) is 3.84. The maximum atomic E-state index is 13.0. The predicted octanol–water partition coefficient (Wildman–Crippen LogP) is 2.13. The molecular formula is C18H22N6O. The normalized spacial score (nSPS) is 16.9. The van der Waals surface area contributed by atoms with Gasteiger partial charge in [-0.05, 0) is 39.2 Å². The second-order valence-electron chi connectivity index (χ2n) is 6.74. The van der Waals surface area contributed by atoms with Gasteiger partial charge in [0.1, 0.15) is 11.3 Å². The van der Waals surface area contributed by atoms with Crippen LogP contribution in [0.5, 0.6) is 0 Å². The van der Waals surface area contributed by atoms with Gasteiger partial charge in [-0.15, -0.1) is 0 Å². The summed E-state index contributed by atoms with van der Waals surface area (Å²) in [7, 11) is 3.88. The average molecular weight is 338 g/mol. The largest absolute Gasteiger partial charge is 0.345 e. The van der Waals surface area contributed by atoms with E-state index in [4.69, 9.17) is 0 Å². The number of nitrogens with one attached hydrogen (secondary N) is 1. The molecule has 0 spiro atoms. The Balaban J connectivity index is 1.70. The van der Waals surface area contributed by atoms with Gasteiger partial charge in [-0.1, -0.05) is 0 Å². The Labute approximate surface area is 146 Å². The number of hydrogen-bond donors (Lipinski definition) is 1. The van der Waals surface area contributed by atoms with Crippen molar-refractivity contribution in [2.24, 2.45) is 14.1 Å². The molecule has 0 aliphatic heterocycles. The minimum atomic E-state index is -0.105. The molecule has 3 aromatic rings. The molecule has 4 rings (SSSR count). The number of fused-ring (bicyclic) bond motifs is 2. The number of hydrogen-bond acceptors (Lipinski definition) is 4. The minimum Gasteiger partial charge on any atom is -0.345 e. The third-order valence-corrected chi connectivity index (χ3v) is 5.18. The van der Waals surface area contributed by atoms with E-state index in [-0.39, 0.29) is 11.9 Å². The maximum Gasteiger partial charge on any atom is 0.254 e. The second kappa shape index (κ2) is 5.68. The summed E-state index contributed by atoms with van der Waals surface area (Å²) in [6, 6.07) is 1.74. The number of imidazole rings is 1. The number of carbonyl (C=O) groups is 1. The van der Waals surface area contributed by atoms with Crippen LogP contribution in [-0.4, -0.2) is 30.2 Å². The average Bonchev–Trinajstić information content (AvgIpc) is 3.05.